The van der Waals surface area contributed by atoms with Crippen LogP contribution in [0, 0.1) is 10.1 Å². The third kappa shape index (κ3) is 6.33. The second-order valence-corrected chi connectivity index (χ2v) is 8.66. The number of esters is 1. The molecule has 10 nitrogen and oxygen atoms in total. The summed E-state index contributed by atoms with van der Waals surface area (Å²) in [4.78, 5) is 31.4. The molecule has 2 aromatic carbocycles. The van der Waals surface area contributed by atoms with Crippen LogP contribution in [-0.2, 0) is 16.0 Å². The van der Waals surface area contributed by atoms with E-state index in [1.165, 1.54) is 29.2 Å². The number of carbonyl (C=O) groups excluding carboxylic acids is 1. The fraction of sp³-hybridized carbons (Fsp3) is 0.292. The number of rotatable bonds is 9. The zero-order valence-corrected chi connectivity index (χ0v) is 20.1. The average molecular weight is 495 g/mol. The Balaban J connectivity index is 1.45. The third-order valence-corrected chi connectivity index (χ3v) is 6.31. The molecule has 1 N–H and O–H groups in total. The third-order valence-electron chi connectivity index (χ3n) is 5.51. The first-order valence-corrected chi connectivity index (χ1v) is 12.1. The molecule has 4 rings (SSSR count). The molecule has 182 valence electrons. The maximum atomic E-state index is 11.6. The Hall–Kier alpha value is -3.99. The topological polar surface area (TPSA) is 113 Å². The second-order valence-electron chi connectivity index (χ2n) is 7.81. The smallest absolute Gasteiger partial charge is 0.311 e. The number of thiazole rings is 1. The Morgan fingerprint density at radius 3 is 2.66 bits per heavy atom. The van der Waals surface area contributed by atoms with Crippen LogP contribution in [-0.4, -0.2) is 54.9 Å². The minimum absolute atomic E-state index is 0.00379. The first kappa shape index (κ1) is 24.1. The summed E-state index contributed by atoms with van der Waals surface area (Å²) < 4.78 is 4.94. The Kier molecular flexibility index (Phi) is 7.88. The van der Waals surface area contributed by atoms with Gasteiger partial charge in [-0.3, -0.25) is 20.3 Å². The van der Waals surface area contributed by atoms with Gasteiger partial charge in [-0.15, -0.1) is 11.3 Å². The maximum absolute atomic E-state index is 11.6. The number of piperazine rings is 1. The molecule has 1 saturated heterocycles. The summed E-state index contributed by atoms with van der Waals surface area (Å²) in [6, 6.07) is 15.1. The molecule has 0 saturated carbocycles. The summed E-state index contributed by atoms with van der Waals surface area (Å²) >= 11 is 1.32. The first-order valence-electron chi connectivity index (χ1n) is 11.3. The largest absolute Gasteiger partial charge is 0.466 e. The van der Waals surface area contributed by atoms with E-state index in [4.69, 9.17) is 4.74 Å². The number of ether oxygens (including phenoxy) is 1. The number of non-ortho nitro benzene ring substituents is 1. The number of carbonyl (C=O) groups is 1. The van der Waals surface area contributed by atoms with Gasteiger partial charge in [0, 0.05) is 60.6 Å². The molecular formula is C24H26N6O4S. The van der Waals surface area contributed by atoms with Crippen molar-refractivity contribution in [1.82, 2.24) is 4.98 Å². The zero-order valence-electron chi connectivity index (χ0n) is 19.3. The summed E-state index contributed by atoms with van der Waals surface area (Å²) in [5.41, 5.74) is 6.17. The molecule has 0 unspecified atom stereocenters. The van der Waals surface area contributed by atoms with Gasteiger partial charge in [0.15, 0.2) is 0 Å². The zero-order chi connectivity index (χ0) is 24.6. The van der Waals surface area contributed by atoms with E-state index in [2.05, 4.69) is 37.4 Å². The molecule has 0 bridgehead atoms. The molecular weight excluding hydrogens is 468 g/mol. The highest BCUT2D eigenvalue weighted by Crippen LogP contribution is 2.27. The predicted molar refractivity (Wildman–Crippen MR) is 138 cm³/mol. The van der Waals surface area contributed by atoms with E-state index in [9.17, 15) is 14.9 Å². The minimum Gasteiger partial charge on any atom is -0.466 e. The van der Waals surface area contributed by atoms with Gasteiger partial charge in [-0.05, 0) is 25.1 Å². The van der Waals surface area contributed by atoms with E-state index in [-0.39, 0.29) is 18.1 Å². The number of nitrogens with one attached hydrogen (secondary N) is 1. The summed E-state index contributed by atoms with van der Waals surface area (Å²) in [5.74, 6) is -0.332. The summed E-state index contributed by atoms with van der Waals surface area (Å²) in [5, 5.41) is 17.9. The maximum Gasteiger partial charge on any atom is 0.311 e. The van der Waals surface area contributed by atoms with Crippen molar-refractivity contribution in [2.75, 3.05) is 48.0 Å². The van der Waals surface area contributed by atoms with Gasteiger partial charge in [-0.25, -0.2) is 4.98 Å². The fourth-order valence-electron chi connectivity index (χ4n) is 3.85. The van der Waals surface area contributed by atoms with Crippen LogP contribution >= 0.6 is 11.3 Å². The Bertz CT molecular complexity index is 1190. The summed E-state index contributed by atoms with van der Waals surface area (Å²) in [6.45, 7) is 5.34. The number of para-hydroxylation sites is 1. The Morgan fingerprint density at radius 1 is 1.20 bits per heavy atom. The highest BCUT2D eigenvalue weighted by molar-refractivity contribution is 7.13. The number of anilines is 3. The van der Waals surface area contributed by atoms with Crippen molar-refractivity contribution in [2.45, 2.75) is 13.3 Å². The van der Waals surface area contributed by atoms with Gasteiger partial charge in [0.05, 0.1) is 29.9 Å². The molecule has 0 aliphatic carbocycles. The van der Waals surface area contributed by atoms with Gasteiger partial charge in [0.25, 0.3) is 5.69 Å². The number of hydrogen-bond acceptors (Lipinski definition) is 10. The van der Waals surface area contributed by atoms with Crippen LogP contribution in [0.4, 0.5) is 22.2 Å². The molecule has 3 aromatic rings. The Morgan fingerprint density at radius 2 is 1.94 bits per heavy atom. The van der Waals surface area contributed by atoms with Crippen LogP contribution in [0.1, 0.15) is 18.2 Å². The lowest BCUT2D eigenvalue weighted by molar-refractivity contribution is -0.384. The van der Waals surface area contributed by atoms with Crippen molar-refractivity contribution >= 4 is 45.7 Å². The number of nitro groups is 1. The van der Waals surface area contributed by atoms with Crippen LogP contribution in [0.2, 0.25) is 0 Å². The monoisotopic (exact) mass is 494 g/mol. The van der Waals surface area contributed by atoms with Gasteiger partial charge >= 0.3 is 5.97 Å². The normalized spacial score (nSPS) is 13.7. The lowest BCUT2D eigenvalue weighted by atomic mass is 10.1. The standard InChI is InChI=1S/C24H26N6O4S/c1-2-34-23(31)15-19-17-35-24(26-19)27-25-16-18-14-21(30(32)33)8-9-22(18)29-12-10-28(11-13-29)20-6-4-3-5-7-20/h3-9,14,16-17H,2,10-13,15H2,1H3,(H,26,27). The van der Waals surface area contributed by atoms with Crippen molar-refractivity contribution in [3.05, 3.63) is 75.3 Å². The number of benzene rings is 2. The van der Waals surface area contributed by atoms with E-state index in [1.807, 2.05) is 18.2 Å². The molecule has 1 aliphatic rings. The lowest BCUT2D eigenvalue weighted by Crippen LogP contribution is -2.46. The summed E-state index contributed by atoms with van der Waals surface area (Å²) in [7, 11) is 0. The van der Waals surface area contributed by atoms with Crippen LogP contribution in [0.15, 0.2) is 59.0 Å². The molecule has 1 aromatic heterocycles. The SMILES string of the molecule is CCOC(=O)Cc1csc(NN=Cc2cc([N+](=O)[O-])ccc2N2CCN(c3ccccc3)CC2)n1. The molecule has 2 heterocycles. The molecule has 35 heavy (non-hydrogen) atoms. The van der Waals surface area contributed by atoms with E-state index >= 15 is 0 Å². The second kappa shape index (κ2) is 11.4. The fourth-order valence-corrected chi connectivity index (χ4v) is 4.51. The highest BCUT2D eigenvalue weighted by atomic mass is 32.1. The van der Waals surface area contributed by atoms with Crippen LogP contribution in [0.5, 0.6) is 0 Å². The van der Waals surface area contributed by atoms with Crippen molar-refractivity contribution in [2.24, 2.45) is 5.10 Å². The van der Waals surface area contributed by atoms with Crippen molar-refractivity contribution in [3.63, 3.8) is 0 Å². The van der Waals surface area contributed by atoms with E-state index < -0.39 is 4.92 Å². The average Bonchev–Trinajstić information content (AvgIpc) is 3.31. The molecule has 1 aliphatic heterocycles. The van der Waals surface area contributed by atoms with Gasteiger partial charge in [0.1, 0.15) is 0 Å². The lowest BCUT2D eigenvalue weighted by Gasteiger charge is -2.37. The van der Waals surface area contributed by atoms with Gasteiger partial charge in [0.2, 0.25) is 5.13 Å². The van der Waals surface area contributed by atoms with Crippen LogP contribution < -0.4 is 15.2 Å². The van der Waals surface area contributed by atoms with Crippen LogP contribution in [0.25, 0.3) is 0 Å². The van der Waals surface area contributed by atoms with E-state index in [0.29, 0.717) is 23.0 Å². The summed E-state index contributed by atoms with van der Waals surface area (Å²) in [6.07, 6.45) is 1.66. The number of aromatic nitrogens is 1. The first-order chi connectivity index (χ1) is 17.0. The molecule has 11 heteroatoms. The predicted octanol–water partition coefficient (Wildman–Crippen LogP) is 3.93. The van der Waals surface area contributed by atoms with Gasteiger partial charge in [-0.1, -0.05) is 18.2 Å². The van der Waals surface area contributed by atoms with Gasteiger partial charge < -0.3 is 14.5 Å². The van der Waals surface area contributed by atoms with Crippen molar-refractivity contribution in [1.29, 1.82) is 0 Å². The Labute approximate surface area is 207 Å². The number of nitro benzene ring substituents is 1. The number of hydrazone groups is 1. The van der Waals surface area contributed by atoms with E-state index in [1.54, 1.807) is 24.6 Å². The van der Waals surface area contributed by atoms with Gasteiger partial charge in [-0.2, -0.15) is 5.10 Å². The highest BCUT2D eigenvalue weighted by Gasteiger charge is 2.21. The molecule has 0 radical (unpaired) electrons. The number of nitrogens with zero attached hydrogens (tertiary/aromatic N) is 5. The molecule has 0 atom stereocenters. The minimum atomic E-state index is -0.412. The molecule has 0 amide bonds. The van der Waals surface area contributed by atoms with Crippen molar-refractivity contribution < 1.29 is 14.5 Å². The quantitative estimate of drug-likeness (QED) is 0.206. The van der Waals surface area contributed by atoms with Crippen molar-refractivity contribution in [3.8, 4) is 0 Å². The molecule has 1 fully saturated rings. The van der Waals surface area contributed by atoms with E-state index in [0.717, 1.165) is 31.9 Å². The van der Waals surface area contributed by atoms with Crippen LogP contribution in [0.3, 0.4) is 0 Å². The molecule has 0 spiro atoms. The number of hydrogen-bond donors (Lipinski definition) is 1.